The summed E-state index contributed by atoms with van der Waals surface area (Å²) in [6.45, 7) is 7.46. The van der Waals surface area contributed by atoms with Gasteiger partial charge in [-0.05, 0) is 42.0 Å². The fraction of sp³-hybridized carbons (Fsp3) is 0.483. The van der Waals surface area contributed by atoms with Crippen LogP contribution in [0.25, 0.3) is 10.8 Å². The van der Waals surface area contributed by atoms with E-state index < -0.39 is 9.84 Å². The van der Waals surface area contributed by atoms with Gasteiger partial charge in [0.2, 0.25) is 5.95 Å². The van der Waals surface area contributed by atoms with Crippen LogP contribution in [-0.2, 0) is 14.6 Å². The molecule has 0 amide bonds. The summed E-state index contributed by atoms with van der Waals surface area (Å²) in [5, 5.41) is 14.3. The van der Waals surface area contributed by atoms with E-state index in [4.69, 9.17) is 9.84 Å². The molecular formula is C29H37FN6O4S. The molecule has 2 aliphatic heterocycles. The van der Waals surface area contributed by atoms with E-state index in [1.807, 2.05) is 12.3 Å². The summed E-state index contributed by atoms with van der Waals surface area (Å²) in [5.74, 6) is 2.02. The SMILES string of the molecule is CC(C)c1ccc(N2C[C@H](CS(C)(=O)=O)[C@H]2C)c2cnc(Nc3ccnc(N4CCC(OCCO)=C(F)C4)n3)cc12. The van der Waals surface area contributed by atoms with Crippen molar-refractivity contribution >= 4 is 43.9 Å². The Hall–Kier alpha value is -3.51. The number of nitrogens with zero attached hydrogens (tertiary/aromatic N) is 5. The van der Waals surface area contributed by atoms with Gasteiger partial charge >= 0.3 is 0 Å². The standard InChI is InChI=1S/C29H37FN6O4S/c1-18(2)21-5-6-25(36-15-20(19(36)3)17-41(4,38)39)23-14-32-28(13-22(21)23)33-27-7-9-31-29(34-27)35-10-8-26(24(30)16-35)40-12-11-37/h5-7,9,13-14,18-20,37H,8,10-12,15-17H2,1-4H3,(H,31,32,33,34)/t19-,20-/m1/s1. The van der Waals surface area contributed by atoms with E-state index in [1.54, 1.807) is 17.2 Å². The number of halogens is 1. The molecule has 5 rings (SSSR count). The third kappa shape index (κ3) is 6.38. The Balaban J connectivity index is 1.38. The summed E-state index contributed by atoms with van der Waals surface area (Å²) in [4.78, 5) is 17.6. The van der Waals surface area contributed by atoms with Crippen molar-refractivity contribution in [1.29, 1.82) is 0 Å². The highest BCUT2D eigenvalue weighted by atomic mass is 32.2. The van der Waals surface area contributed by atoms with Crippen LogP contribution in [-0.4, -0.2) is 79.4 Å². The Labute approximate surface area is 240 Å². The van der Waals surface area contributed by atoms with Gasteiger partial charge in [0, 0.05) is 61.2 Å². The molecule has 0 saturated carbocycles. The second-order valence-electron chi connectivity index (χ2n) is 11.1. The minimum Gasteiger partial charge on any atom is -0.493 e. The largest absolute Gasteiger partial charge is 0.493 e. The molecule has 1 saturated heterocycles. The quantitative estimate of drug-likeness (QED) is 0.359. The molecule has 1 aromatic carbocycles. The van der Waals surface area contributed by atoms with Crippen LogP contribution in [0.15, 0.2) is 48.2 Å². The Morgan fingerprint density at radius 3 is 2.68 bits per heavy atom. The molecule has 0 bridgehead atoms. The average Bonchev–Trinajstić information content (AvgIpc) is 2.93. The molecular weight excluding hydrogens is 547 g/mol. The topological polar surface area (TPSA) is 121 Å². The van der Waals surface area contributed by atoms with Crippen LogP contribution in [0.4, 0.5) is 27.7 Å². The summed E-state index contributed by atoms with van der Waals surface area (Å²) in [7, 11) is -3.03. The van der Waals surface area contributed by atoms with Gasteiger partial charge in [0.25, 0.3) is 0 Å². The van der Waals surface area contributed by atoms with Gasteiger partial charge in [-0.3, -0.25) is 0 Å². The molecule has 220 valence electrons. The van der Waals surface area contributed by atoms with Crippen molar-refractivity contribution in [2.45, 2.75) is 39.2 Å². The van der Waals surface area contributed by atoms with Crippen molar-refractivity contribution in [2.24, 2.45) is 5.92 Å². The van der Waals surface area contributed by atoms with Crippen molar-refractivity contribution in [1.82, 2.24) is 15.0 Å². The van der Waals surface area contributed by atoms with Crippen LogP contribution in [0.5, 0.6) is 0 Å². The number of nitrogens with one attached hydrogen (secondary N) is 1. The van der Waals surface area contributed by atoms with E-state index in [0.717, 1.165) is 16.5 Å². The molecule has 2 aromatic heterocycles. The minimum absolute atomic E-state index is 0.00106. The lowest BCUT2D eigenvalue weighted by molar-refractivity contribution is 0.131. The number of sulfone groups is 1. The van der Waals surface area contributed by atoms with Crippen molar-refractivity contribution < 1.29 is 22.7 Å². The molecule has 0 radical (unpaired) electrons. The van der Waals surface area contributed by atoms with Gasteiger partial charge < -0.3 is 25.0 Å². The maximum absolute atomic E-state index is 14.6. The predicted octanol–water partition coefficient (Wildman–Crippen LogP) is 4.16. The number of anilines is 4. The summed E-state index contributed by atoms with van der Waals surface area (Å²) in [6.07, 6.45) is 5.14. The van der Waals surface area contributed by atoms with E-state index in [9.17, 15) is 12.8 Å². The first-order valence-electron chi connectivity index (χ1n) is 13.9. The van der Waals surface area contributed by atoms with Crippen molar-refractivity contribution in [3.63, 3.8) is 0 Å². The van der Waals surface area contributed by atoms with Gasteiger partial charge in [0.05, 0.1) is 18.9 Å². The van der Waals surface area contributed by atoms with E-state index in [0.29, 0.717) is 37.1 Å². The fourth-order valence-electron chi connectivity index (χ4n) is 5.55. The molecule has 3 aromatic rings. The van der Waals surface area contributed by atoms with Crippen LogP contribution < -0.4 is 15.1 Å². The van der Waals surface area contributed by atoms with Crippen molar-refractivity contribution in [3.8, 4) is 0 Å². The number of fused-ring (bicyclic) bond motifs is 1. The average molecular weight is 585 g/mol. The molecule has 41 heavy (non-hydrogen) atoms. The Kier molecular flexibility index (Phi) is 8.32. The van der Waals surface area contributed by atoms with E-state index >= 15 is 0 Å². The number of aromatic nitrogens is 3. The van der Waals surface area contributed by atoms with Crippen LogP contribution in [0.1, 0.15) is 38.7 Å². The Morgan fingerprint density at radius 1 is 1.20 bits per heavy atom. The third-order valence-corrected chi connectivity index (χ3v) is 8.79. The zero-order chi connectivity index (χ0) is 29.3. The normalized spacial score (nSPS) is 19.6. The highest BCUT2D eigenvalue weighted by molar-refractivity contribution is 7.90. The lowest BCUT2D eigenvalue weighted by atomic mass is 9.88. The maximum Gasteiger partial charge on any atom is 0.227 e. The van der Waals surface area contributed by atoms with Gasteiger partial charge in [-0.15, -0.1) is 0 Å². The van der Waals surface area contributed by atoms with Gasteiger partial charge in [0.15, 0.2) is 5.83 Å². The number of benzene rings is 1. The number of ether oxygens (including phenoxy) is 1. The summed E-state index contributed by atoms with van der Waals surface area (Å²) in [6, 6.07) is 8.13. The monoisotopic (exact) mass is 584 g/mol. The second-order valence-corrected chi connectivity index (χ2v) is 13.3. The van der Waals surface area contributed by atoms with Crippen LogP contribution in [0.2, 0.25) is 0 Å². The minimum atomic E-state index is -3.03. The summed E-state index contributed by atoms with van der Waals surface area (Å²) >= 11 is 0. The molecule has 0 spiro atoms. The van der Waals surface area contributed by atoms with Crippen molar-refractivity contribution in [2.75, 3.05) is 60.0 Å². The number of aliphatic hydroxyl groups is 1. The van der Waals surface area contributed by atoms with Gasteiger partial charge in [-0.2, -0.15) is 4.98 Å². The first kappa shape index (κ1) is 29.0. The molecule has 1 fully saturated rings. The number of hydrogen-bond donors (Lipinski definition) is 2. The first-order chi connectivity index (χ1) is 19.5. The third-order valence-electron chi connectivity index (χ3n) is 7.76. The first-order valence-corrected chi connectivity index (χ1v) is 15.9. The zero-order valence-electron chi connectivity index (χ0n) is 23.8. The summed E-state index contributed by atoms with van der Waals surface area (Å²) < 4.78 is 43.5. The van der Waals surface area contributed by atoms with Gasteiger partial charge in [-0.25, -0.2) is 22.8 Å². The smallest absolute Gasteiger partial charge is 0.227 e. The molecule has 0 aliphatic carbocycles. The van der Waals surface area contributed by atoms with Gasteiger partial charge in [-0.1, -0.05) is 19.9 Å². The molecule has 4 heterocycles. The van der Waals surface area contributed by atoms with E-state index in [1.165, 1.54) is 11.8 Å². The number of aliphatic hydroxyl groups excluding tert-OH is 1. The molecule has 12 heteroatoms. The Morgan fingerprint density at radius 2 is 2.00 bits per heavy atom. The maximum atomic E-state index is 14.6. The van der Waals surface area contributed by atoms with Crippen LogP contribution in [0, 0.1) is 5.92 Å². The van der Waals surface area contributed by atoms with Crippen molar-refractivity contribution in [3.05, 3.63) is 53.8 Å². The Bertz CT molecular complexity index is 1560. The van der Waals surface area contributed by atoms with Gasteiger partial charge in [0.1, 0.15) is 33.8 Å². The van der Waals surface area contributed by atoms with E-state index in [-0.39, 0.29) is 55.0 Å². The molecule has 10 nitrogen and oxygen atoms in total. The molecule has 2 aliphatic rings. The highest BCUT2D eigenvalue weighted by Crippen LogP contribution is 2.39. The fourth-order valence-corrected chi connectivity index (χ4v) is 6.72. The van der Waals surface area contributed by atoms with E-state index in [2.05, 4.69) is 58.1 Å². The molecule has 2 atom stereocenters. The lowest BCUT2D eigenvalue weighted by Gasteiger charge is -2.48. The number of pyridine rings is 1. The second kappa shape index (κ2) is 11.8. The van der Waals surface area contributed by atoms with Crippen LogP contribution in [0.3, 0.4) is 0 Å². The lowest BCUT2D eigenvalue weighted by Crippen LogP contribution is -2.57. The zero-order valence-corrected chi connectivity index (χ0v) is 24.7. The highest BCUT2D eigenvalue weighted by Gasteiger charge is 2.38. The predicted molar refractivity (Wildman–Crippen MR) is 159 cm³/mol. The van der Waals surface area contributed by atoms with Crippen LogP contribution >= 0.6 is 0 Å². The number of hydrogen-bond acceptors (Lipinski definition) is 10. The molecule has 2 N–H and O–H groups in total. The summed E-state index contributed by atoms with van der Waals surface area (Å²) in [5.41, 5.74) is 2.24. The molecule has 0 unspecified atom stereocenters. The number of rotatable bonds is 10.